The molecule has 0 aliphatic carbocycles. The highest BCUT2D eigenvalue weighted by Crippen LogP contribution is 2.33. The Morgan fingerprint density at radius 1 is 1.19 bits per heavy atom. The summed E-state index contributed by atoms with van der Waals surface area (Å²) in [6.07, 6.45) is 2.79. The first-order valence-electron chi connectivity index (χ1n) is 9.33. The number of carbonyl (C=O) groups excluding carboxylic acids is 1. The van der Waals surface area contributed by atoms with Gasteiger partial charge in [0.2, 0.25) is 23.5 Å². The summed E-state index contributed by atoms with van der Waals surface area (Å²) >= 11 is 13.5. The minimum Gasteiger partial charge on any atom is -0.435 e. The Bertz CT molecular complexity index is 1180. The molecule has 0 bridgehead atoms. The number of nitrogens with one attached hydrogen (secondary N) is 1. The Balaban J connectivity index is 1.33. The molecule has 0 aliphatic rings. The number of halogens is 2. The number of para-hydroxylation sites is 2. The van der Waals surface area contributed by atoms with Crippen LogP contribution in [0.5, 0.6) is 11.6 Å². The maximum Gasteiger partial charge on any atom is 0.238 e. The van der Waals surface area contributed by atoms with Gasteiger partial charge in [-0.2, -0.15) is 4.98 Å². The zero-order valence-corrected chi connectivity index (χ0v) is 18.4. The van der Waals surface area contributed by atoms with Gasteiger partial charge in [0.05, 0.1) is 15.6 Å². The first-order valence-corrected chi connectivity index (χ1v) is 11.0. The number of benzene rings is 1. The molecule has 31 heavy (non-hydrogen) atoms. The van der Waals surface area contributed by atoms with E-state index in [1.807, 2.05) is 17.5 Å². The summed E-state index contributed by atoms with van der Waals surface area (Å²) in [4.78, 5) is 21.8. The third-order valence-corrected chi connectivity index (χ3v) is 5.49. The molecule has 158 valence electrons. The van der Waals surface area contributed by atoms with Gasteiger partial charge in [-0.1, -0.05) is 46.6 Å². The van der Waals surface area contributed by atoms with E-state index in [1.54, 1.807) is 35.6 Å². The van der Waals surface area contributed by atoms with Crippen molar-refractivity contribution >= 4 is 46.1 Å². The molecule has 0 radical (unpaired) electrons. The number of hydrogen-bond donors (Lipinski definition) is 1. The van der Waals surface area contributed by atoms with E-state index < -0.39 is 0 Å². The standard InChI is InChI=1S/C21H16Cl2N4O3S/c22-13-11-14(23)21(24-12-13)29-16-6-2-1-5-15(16)25-18(28)8-3-9-19-26-20(27-30-19)17-7-4-10-31-17/h1-2,4-7,10-12H,3,8-9H2,(H,25,28). The van der Waals surface area contributed by atoms with Crippen LogP contribution in [0.25, 0.3) is 10.7 Å². The second-order valence-electron chi connectivity index (χ2n) is 6.43. The molecule has 0 unspecified atom stereocenters. The quantitative estimate of drug-likeness (QED) is 0.324. The summed E-state index contributed by atoms with van der Waals surface area (Å²) in [5.74, 6) is 1.53. The van der Waals surface area contributed by atoms with Gasteiger partial charge >= 0.3 is 0 Å². The van der Waals surface area contributed by atoms with Crippen LogP contribution in [0.3, 0.4) is 0 Å². The number of ether oxygens (including phenoxy) is 1. The summed E-state index contributed by atoms with van der Waals surface area (Å²) in [6.45, 7) is 0. The number of rotatable bonds is 8. The number of amides is 1. The van der Waals surface area contributed by atoms with Crippen molar-refractivity contribution in [3.8, 4) is 22.3 Å². The second kappa shape index (κ2) is 9.91. The van der Waals surface area contributed by atoms with Crippen molar-refractivity contribution in [2.45, 2.75) is 19.3 Å². The van der Waals surface area contributed by atoms with Crippen molar-refractivity contribution in [2.24, 2.45) is 0 Å². The van der Waals surface area contributed by atoms with Crippen LogP contribution in [-0.4, -0.2) is 21.0 Å². The van der Waals surface area contributed by atoms with Gasteiger partial charge in [-0.3, -0.25) is 4.79 Å². The average Bonchev–Trinajstić information content (AvgIpc) is 3.43. The van der Waals surface area contributed by atoms with E-state index in [4.69, 9.17) is 32.5 Å². The highest BCUT2D eigenvalue weighted by molar-refractivity contribution is 7.13. The normalized spacial score (nSPS) is 10.8. The Kier molecular flexibility index (Phi) is 6.81. The lowest BCUT2D eigenvalue weighted by molar-refractivity contribution is -0.116. The van der Waals surface area contributed by atoms with Gasteiger partial charge < -0.3 is 14.6 Å². The summed E-state index contributed by atoms with van der Waals surface area (Å²) in [5.41, 5.74) is 0.512. The van der Waals surface area contributed by atoms with Crippen LogP contribution in [0, 0.1) is 0 Å². The summed E-state index contributed by atoms with van der Waals surface area (Å²) in [5, 5.41) is 9.45. The zero-order valence-electron chi connectivity index (χ0n) is 16.0. The maximum atomic E-state index is 12.4. The van der Waals surface area contributed by atoms with E-state index in [0.29, 0.717) is 41.0 Å². The second-order valence-corrected chi connectivity index (χ2v) is 8.22. The number of nitrogens with zero attached hydrogens (tertiary/aromatic N) is 3. The fourth-order valence-electron chi connectivity index (χ4n) is 2.72. The molecule has 1 amide bonds. The van der Waals surface area contributed by atoms with Crippen LogP contribution in [-0.2, 0) is 11.2 Å². The third-order valence-electron chi connectivity index (χ3n) is 4.15. The molecular formula is C21H16Cl2N4O3S. The first-order chi connectivity index (χ1) is 15.1. The van der Waals surface area contributed by atoms with E-state index in [-0.39, 0.29) is 23.2 Å². The summed E-state index contributed by atoms with van der Waals surface area (Å²) < 4.78 is 11.0. The largest absolute Gasteiger partial charge is 0.435 e. The van der Waals surface area contributed by atoms with E-state index >= 15 is 0 Å². The number of carbonyl (C=O) groups is 1. The topological polar surface area (TPSA) is 90.1 Å². The average molecular weight is 475 g/mol. The Hall–Kier alpha value is -2.94. The molecule has 7 nitrogen and oxygen atoms in total. The molecule has 3 aromatic heterocycles. The SMILES string of the molecule is O=C(CCCc1nc(-c2cccs2)no1)Nc1ccccc1Oc1ncc(Cl)cc1Cl. The van der Waals surface area contributed by atoms with Gasteiger partial charge in [0.15, 0.2) is 5.75 Å². The molecule has 0 atom stereocenters. The monoisotopic (exact) mass is 474 g/mol. The lowest BCUT2D eigenvalue weighted by Gasteiger charge is -2.12. The minimum atomic E-state index is -0.163. The van der Waals surface area contributed by atoms with E-state index in [9.17, 15) is 4.79 Å². The zero-order chi connectivity index (χ0) is 21.6. The molecule has 10 heteroatoms. The minimum absolute atomic E-state index is 0.163. The molecule has 1 aromatic carbocycles. The Morgan fingerprint density at radius 3 is 2.87 bits per heavy atom. The predicted molar refractivity (Wildman–Crippen MR) is 120 cm³/mol. The number of aromatic nitrogens is 3. The van der Waals surface area contributed by atoms with Gasteiger partial charge in [-0.25, -0.2) is 4.98 Å². The van der Waals surface area contributed by atoms with Crippen molar-refractivity contribution in [3.05, 3.63) is 70.0 Å². The Morgan fingerprint density at radius 2 is 2.06 bits per heavy atom. The third kappa shape index (κ3) is 5.61. The molecule has 1 N–H and O–H groups in total. The van der Waals surface area contributed by atoms with Crippen molar-refractivity contribution in [2.75, 3.05) is 5.32 Å². The van der Waals surface area contributed by atoms with E-state index in [1.165, 1.54) is 12.3 Å². The van der Waals surface area contributed by atoms with Gasteiger partial charge in [0, 0.05) is 19.0 Å². The number of hydrogen-bond acceptors (Lipinski definition) is 7. The van der Waals surface area contributed by atoms with Crippen LogP contribution < -0.4 is 10.1 Å². The number of anilines is 1. The van der Waals surface area contributed by atoms with Gasteiger partial charge in [-0.15, -0.1) is 11.3 Å². The molecule has 0 fully saturated rings. The lowest BCUT2D eigenvalue weighted by atomic mass is 10.2. The molecule has 0 saturated carbocycles. The molecular weight excluding hydrogens is 459 g/mol. The number of aryl methyl sites for hydroxylation is 1. The number of thiophene rings is 1. The number of pyridine rings is 1. The van der Waals surface area contributed by atoms with E-state index in [0.717, 1.165) is 4.88 Å². The predicted octanol–water partition coefficient (Wildman–Crippen LogP) is 6.25. The molecule has 0 saturated heterocycles. The van der Waals surface area contributed by atoms with Crippen LogP contribution >= 0.6 is 34.5 Å². The highest BCUT2D eigenvalue weighted by atomic mass is 35.5. The molecule has 3 heterocycles. The van der Waals surface area contributed by atoms with Crippen LogP contribution in [0.15, 0.2) is 58.6 Å². The highest BCUT2D eigenvalue weighted by Gasteiger charge is 2.13. The van der Waals surface area contributed by atoms with Crippen LogP contribution in [0.1, 0.15) is 18.7 Å². The smallest absolute Gasteiger partial charge is 0.238 e. The van der Waals surface area contributed by atoms with Gasteiger partial charge in [0.25, 0.3) is 0 Å². The fraction of sp³-hybridized carbons (Fsp3) is 0.143. The van der Waals surface area contributed by atoms with Crippen molar-refractivity contribution in [1.82, 2.24) is 15.1 Å². The molecule has 0 spiro atoms. The molecule has 4 rings (SSSR count). The first kappa shape index (κ1) is 21.3. The lowest BCUT2D eigenvalue weighted by Crippen LogP contribution is -2.12. The van der Waals surface area contributed by atoms with E-state index in [2.05, 4.69) is 20.4 Å². The summed E-state index contributed by atoms with van der Waals surface area (Å²) in [7, 11) is 0. The van der Waals surface area contributed by atoms with Crippen LogP contribution in [0.4, 0.5) is 5.69 Å². The molecule has 4 aromatic rings. The Labute approximate surface area is 192 Å². The summed E-state index contributed by atoms with van der Waals surface area (Å²) in [6, 6.07) is 12.4. The van der Waals surface area contributed by atoms with Gasteiger partial charge in [0.1, 0.15) is 5.02 Å². The van der Waals surface area contributed by atoms with Crippen molar-refractivity contribution < 1.29 is 14.1 Å². The molecule has 0 aliphatic heterocycles. The fourth-order valence-corrected chi connectivity index (χ4v) is 3.78. The van der Waals surface area contributed by atoms with Crippen molar-refractivity contribution in [3.63, 3.8) is 0 Å². The maximum absolute atomic E-state index is 12.4. The van der Waals surface area contributed by atoms with Gasteiger partial charge in [-0.05, 0) is 36.1 Å². The van der Waals surface area contributed by atoms with Crippen LogP contribution in [0.2, 0.25) is 10.0 Å². The van der Waals surface area contributed by atoms with Crippen molar-refractivity contribution in [1.29, 1.82) is 0 Å².